The number of hydrogen-bond donors (Lipinski definition) is 0. The Morgan fingerprint density at radius 2 is 0.558 bits per heavy atom. The maximum absolute atomic E-state index is 7.42. The van der Waals surface area contributed by atoms with Crippen LogP contribution >= 0.6 is 0 Å². The summed E-state index contributed by atoms with van der Waals surface area (Å²) in [6.07, 6.45) is 0. The molecule has 0 N–H and O–H groups in total. The van der Waals surface area contributed by atoms with E-state index in [4.69, 9.17) is 8.83 Å². The van der Waals surface area contributed by atoms with Gasteiger partial charge in [0.15, 0.2) is 11.2 Å². The Morgan fingerprint density at radius 3 is 0.942 bits per heavy atom. The molecule has 0 radical (unpaired) electrons. The Bertz CT molecular complexity index is 6620. The van der Waals surface area contributed by atoms with Crippen LogP contribution in [0.25, 0.3) is 165 Å². The number of para-hydroxylation sites is 6. The molecule has 21 rings (SSSR count). The Morgan fingerprint density at radius 1 is 0.231 bits per heavy atom. The van der Waals surface area contributed by atoms with Crippen LogP contribution in [0.1, 0.15) is 52.7 Å². The van der Waals surface area contributed by atoms with Gasteiger partial charge in [-0.2, -0.15) is 0 Å². The first-order valence-corrected chi connectivity index (χ1v) is 36.2. The zero-order valence-corrected chi connectivity index (χ0v) is 58.6. The van der Waals surface area contributed by atoms with Crippen molar-refractivity contribution >= 4 is 154 Å². The Labute approximate surface area is 601 Å². The maximum Gasteiger partial charge on any atom is 0.159 e. The predicted octanol–water partition coefficient (Wildman–Crippen LogP) is 28.0. The van der Waals surface area contributed by atoms with E-state index in [2.05, 4.69) is 376 Å². The average Bonchev–Trinajstić information content (AvgIpc) is 1.51. The highest BCUT2D eigenvalue weighted by Gasteiger charge is 2.33. The Balaban J connectivity index is 0.856. The Hall–Kier alpha value is -12.9. The summed E-state index contributed by atoms with van der Waals surface area (Å²) in [5.41, 5.74) is 27.7. The fourth-order valence-electron chi connectivity index (χ4n) is 17.4. The number of nitrogens with zero attached hydrogens (tertiary/aromatic N) is 4. The van der Waals surface area contributed by atoms with E-state index in [0.29, 0.717) is 0 Å². The molecule has 0 saturated heterocycles. The molecule has 0 aliphatic heterocycles. The smallest absolute Gasteiger partial charge is 0.159 e. The number of anilines is 6. The van der Waals surface area contributed by atoms with Crippen LogP contribution in [0.5, 0.6) is 0 Å². The van der Waals surface area contributed by atoms with Gasteiger partial charge in [-0.05, 0) is 117 Å². The molecule has 104 heavy (non-hydrogen) atoms. The van der Waals surface area contributed by atoms with E-state index >= 15 is 0 Å². The van der Waals surface area contributed by atoms with Crippen molar-refractivity contribution in [1.29, 1.82) is 0 Å². The van der Waals surface area contributed by atoms with Crippen LogP contribution in [0.15, 0.2) is 324 Å². The first kappa shape index (κ1) is 59.9. The lowest BCUT2D eigenvalue weighted by atomic mass is 9.86. The SMILES string of the molecule is CC(C)(C)c1ccc2c(c1)c1c(N(c3ccccc3-c3ccccc3)c3cccc4c3oc3c(-c5ccccc5)cccc34)ccc3c4cc5c(cc4n2c31)c1ccc(N(c2ccccc2-c2ccccc2)c2cccc3c2oc2c(-c4ccccc4)cccc23)c2c3cc(C(C)(C)C)ccc3n5c12. The number of benzene rings is 15. The molecular formula is C98H70N4O2. The van der Waals surface area contributed by atoms with Gasteiger partial charge < -0.3 is 27.4 Å². The first-order chi connectivity index (χ1) is 50.9. The normalized spacial score (nSPS) is 12.5. The maximum atomic E-state index is 7.42. The van der Waals surface area contributed by atoms with Crippen molar-refractivity contribution in [3.05, 3.63) is 327 Å². The van der Waals surface area contributed by atoms with E-state index in [0.717, 1.165) is 145 Å². The molecule has 0 bridgehead atoms. The zero-order chi connectivity index (χ0) is 69.4. The lowest BCUT2D eigenvalue weighted by molar-refractivity contribution is 0.591. The molecular weight excluding hydrogens is 1270 g/mol. The third kappa shape index (κ3) is 8.75. The molecule has 6 nitrogen and oxygen atoms in total. The second kappa shape index (κ2) is 22.3. The molecule has 0 fully saturated rings. The van der Waals surface area contributed by atoms with Crippen LogP contribution in [-0.2, 0) is 10.8 Å². The number of furan rings is 2. The first-order valence-electron chi connectivity index (χ1n) is 36.2. The van der Waals surface area contributed by atoms with Gasteiger partial charge in [-0.3, -0.25) is 0 Å². The summed E-state index contributed by atoms with van der Waals surface area (Å²) in [7, 11) is 0. The second-order valence-corrected chi connectivity index (χ2v) is 30.3. The van der Waals surface area contributed by atoms with Gasteiger partial charge in [0.05, 0.1) is 67.2 Å². The van der Waals surface area contributed by atoms with Crippen LogP contribution in [0.4, 0.5) is 34.1 Å². The largest absolute Gasteiger partial charge is 0.453 e. The van der Waals surface area contributed by atoms with E-state index in [9.17, 15) is 0 Å². The number of aromatic nitrogens is 2. The van der Waals surface area contributed by atoms with E-state index in [-0.39, 0.29) is 10.8 Å². The molecule has 0 atom stereocenters. The van der Waals surface area contributed by atoms with Crippen LogP contribution in [0.2, 0.25) is 0 Å². The molecule has 494 valence electrons. The molecule has 21 aromatic rings. The van der Waals surface area contributed by atoms with Crippen LogP contribution in [0.3, 0.4) is 0 Å². The molecule has 15 aromatic carbocycles. The lowest BCUT2D eigenvalue weighted by Crippen LogP contribution is -2.12. The lowest BCUT2D eigenvalue weighted by Gasteiger charge is -2.29. The van der Waals surface area contributed by atoms with Gasteiger partial charge in [-0.25, -0.2) is 0 Å². The standard InChI is InChI=1S/C98H70N4O2/c1-97(2,3)63-47-51-81-77(55-63)89-83(99(79-43-21-19-35-65(79)59-27-11-7-12-28-59)85-45-25-41-73-71-39-23-37-67(93(71)103-95(73)85)61-31-15-9-16-32-61)53-49-69-75-58-88-76(57-87(75)101(81)91(69)89)70-50-54-84(90-78-56-64(98(4,5)6)48-52-82(78)102(88)92(70)90)100(80-44-22-20-36-66(80)60-29-13-8-14-30-60)86-46-26-42-74-72-40-24-38-68(94(72)104-96(74)86)62-33-17-10-18-34-62/h7-58H,1-6H3. The molecule has 6 aromatic heterocycles. The zero-order valence-electron chi connectivity index (χ0n) is 58.6. The van der Waals surface area contributed by atoms with Crippen LogP contribution in [0, 0.1) is 0 Å². The van der Waals surface area contributed by atoms with Gasteiger partial charge >= 0.3 is 0 Å². The molecule has 0 spiro atoms. The summed E-state index contributed by atoms with van der Waals surface area (Å²) < 4.78 is 20.0. The minimum atomic E-state index is -0.135. The van der Waals surface area contributed by atoms with Gasteiger partial charge in [0.1, 0.15) is 11.2 Å². The Kier molecular flexibility index (Phi) is 12.8. The highest BCUT2D eigenvalue weighted by molar-refractivity contribution is 6.33. The number of fused-ring (bicyclic) bond motifs is 18. The minimum absolute atomic E-state index is 0.135. The topological polar surface area (TPSA) is 41.6 Å². The van der Waals surface area contributed by atoms with Gasteiger partial charge in [-0.1, -0.05) is 284 Å². The highest BCUT2D eigenvalue weighted by Crippen LogP contribution is 2.56. The molecule has 0 aliphatic carbocycles. The van der Waals surface area contributed by atoms with Gasteiger partial charge in [-0.15, -0.1) is 0 Å². The molecule has 0 saturated carbocycles. The third-order valence-corrected chi connectivity index (χ3v) is 22.3. The van der Waals surface area contributed by atoms with Crippen molar-refractivity contribution in [3.63, 3.8) is 0 Å². The summed E-state index contributed by atoms with van der Waals surface area (Å²) in [4.78, 5) is 5.01. The van der Waals surface area contributed by atoms with Gasteiger partial charge in [0, 0.05) is 86.9 Å². The quantitative estimate of drug-likeness (QED) is 0.137. The summed E-state index contributed by atoms with van der Waals surface area (Å²) in [6.45, 7) is 14.0. The number of hydrogen-bond acceptors (Lipinski definition) is 4. The predicted molar refractivity (Wildman–Crippen MR) is 439 cm³/mol. The third-order valence-electron chi connectivity index (χ3n) is 22.3. The summed E-state index contributed by atoms with van der Waals surface area (Å²) >= 11 is 0. The fourth-order valence-corrected chi connectivity index (χ4v) is 17.4. The molecule has 0 aliphatic rings. The van der Waals surface area contributed by atoms with Crippen molar-refractivity contribution < 1.29 is 8.83 Å². The van der Waals surface area contributed by atoms with Crippen molar-refractivity contribution in [1.82, 2.24) is 8.80 Å². The molecule has 6 heterocycles. The van der Waals surface area contributed by atoms with Gasteiger partial charge in [0.25, 0.3) is 0 Å². The molecule has 0 amide bonds. The highest BCUT2D eigenvalue weighted by atomic mass is 16.3. The molecule has 6 heteroatoms. The summed E-state index contributed by atoms with van der Waals surface area (Å²) in [6, 6.07) is 116. The minimum Gasteiger partial charge on any atom is -0.453 e. The van der Waals surface area contributed by atoms with Crippen molar-refractivity contribution in [2.45, 2.75) is 52.4 Å². The van der Waals surface area contributed by atoms with Crippen molar-refractivity contribution in [3.8, 4) is 44.5 Å². The molecule has 0 unspecified atom stereocenters. The van der Waals surface area contributed by atoms with E-state index < -0.39 is 0 Å². The van der Waals surface area contributed by atoms with Crippen molar-refractivity contribution in [2.24, 2.45) is 0 Å². The van der Waals surface area contributed by atoms with Crippen LogP contribution in [-0.4, -0.2) is 8.80 Å². The van der Waals surface area contributed by atoms with E-state index in [1.165, 1.54) is 65.3 Å². The fraction of sp³-hybridized carbons (Fsp3) is 0.0816. The second-order valence-electron chi connectivity index (χ2n) is 30.3. The van der Waals surface area contributed by atoms with Crippen LogP contribution < -0.4 is 9.80 Å². The van der Waals surface area contributed by atoms with Crippen molar-refractivity contribution in [2.75, 3.05) is 9.80 Å². The summed E-state index contributed by atoms with van der Waals surface area (Å²) in [5.74, 6) is 0. The average molecular weight is 1340 g/mol. The van der Waals surface area contributed by atoms with Gasteiger partial charge in [0.2, 0.25) is 0 Å². The van der Waals surface area contributed by atoms with E-state index in [1.54, 1.807) is 0 Å². The number of rotatable bonds is 10. The monoisotopic (exact) mass is 1330 g/mol. The summed E-state index contributed by atoms with van der Waals surface area (Å²) in [5, 5.41) is 13.8. The van der Waals surface area contributed by atoms with E-state index in [1.807, 2.05) is 0 Å².